The zero-order valence-corrected chi connectivity index (χ0v) is 31.4. The quantitative estimate of drug-likeness (QED) is 0.179. The van der Waals surface area contributed by atoms with Crippen LogP contribution in [0.2, 0.25) is 0 Å². The Morgan fingerprint density at radius 3 is 0.746 bits per heavy atom. The van der Waals surface area contributed by atoms with Gasteiger partial charge in [-0.25, -0.2) is 0 Å². The van der Waals surface area contributed by atoms with E-state index in [2.05, 4.69) is 12.0 Å². The smallest absolute Gasteiger partial charge is 0.384 e. The molecule has 8 nitrogen and oxygen atoms in total. The van der Waals surface area contributed by atoms with Gasteiger partial charge in [-0.15, -0.1) is 0 Å². The summed E-state index contributed by atoms with van der Waals surface area (Å²) in [5, 5.41) is 0. The third kappa shape index (κ3) is 6.94. The van der Waals surface area contributed by atoms with E-state index in [9.17, 15) is 0 Å². The molecule has 0 fully saturated rings. The number of rotatable bonds is 4. The number of benzene rings is 8. The molecule has 8 aromatic carbocycles. The summed E-state index contributed by atoms with van der Waals surface area (Å²) in [6.07, 6.45) is -2.40. The number of aliphatic imine (C=N–C) groups is 4. The van der Waals surface area contributed by atoms with E-state index < -0.39 is 6.16 Å². The molecule has 2 aliphatic heterocycles. The number of ether oxygens (including phenoxy) is 4. The Kier molecular flexibility index (Phi) is 9.14. The van der Waals surface area contributed by atoms with Gasteiger partial charge in [-0.1, -0.05) is 170 Å². The van der Waals surface area contributed by atoms with Crippen molar-refractivity contribution in [2.75, 3.05) is 0 Å². The maximum absolute atomic E-state index is 7.06. The highest BCUT2D eigenvalue weighted by Crippen LogP contribution is 2.48. The molecule has 0 aliphatic carbocycles. The molecule has 0 amide bonds. The van der Waals surface area contributed by atoms with Crippen molar-refractivity contribution < 1.29 is 18.9 Å². The van der Waals surface area contributed by atoms with Crippen molar-refractivity contribution >= 4 is 34.8 Å². The molecule has 0 saturated carbocycles. The first-order valence-corrected chi connectivity index (χ1v) is 19.0. The standard InChI is InChI=1S/C51H32N4O4/c1-5-17-35(18-6-1)39-25-13-29-43-47(39)52-33-53-48-40(36-19-7-2-8-20-36)26-14-30-44(48)57-51(56-43)58-45-31-15-27-41(37-21-9-3-10-22-37)49(45)54-34-55-50-42(28-16-32-46(50)59-51)38-23-11-4-12-24-38/h1-32H. The van der Waals surface area contributed by atoms with Gasteiger partial charge in [0.15, 0.2) is 23.0 Å². The average Bonchev–Trinajstić information content (AvgIpc) is 3.29. The molecule has 2 aliphatic rings. The van der Waals surface area contributed by atoms with Gasteiger partial charge in [-0.2, -0.15) is 20.0 Å². The highest BCUT2D eigenvalue weighted by atomic mass is 17.0. The summed E-state index contributed by atoms with van der Waals surface area (Å²) < 4.78 is 28.2. The molecule has 1 spiro atoms. The van der Waals surface area contributed by atoms with E-state index in [1.54, 1.807) is 24.3 Å². The van der Waals surface area contributed by atoms with Crippen LogP contribution in [0.15, 0.2) is 214 Å². The first-order valence-electron chi connectivity index (χ1n) is 19.0. The predicted molar refractivity (Wildman–Crippen MR) is 231 cm³/mol. The van der Waals surface area contributed by atoms with E-state index in [0.717, 1.165) is 44.5 Å². The summed E-state index contributed by atoms with van der Waals surface area (Å²) in [6, 6.07) is 68.1. The lowest BCUT2D eigenvalue weighted by Crippen LogP contribution is -2.53. The maximum atomic E-state index is 7.06. The molecule has 0 saturated heterocycles. The number of nitrogens with zero attached hydrogens (tertiary/aromatic N) is 4. The summed E-state index contributed by atoms with van der Waals surface area (Å²) in [5.74, 6) is 1.12. The second-order valence-electron chi connectivity index (χ2n) is 13.6. The number of hydrogen-bond acceptors (Lipinski definition) is 8. The van der Waals surface area contributed by atoms with Crippen LogP contribution in [0, 0.1) is 0 Å². The Balaban J connectivity index is 1.28. The molecular formula is C51H32N4O4. The first-order chi connectivity index (χ1) is 29.2. The van der Waals surface area contributed by atoms with Crippen LogP contribution in [0.25, 0.3) is 44.5 Å². The Morgan fingerprint density at radius 1 is 0.271 bits per heavy atom. The van der Waals surface area contributed by atoms with Crippen LogP contribution in [-0.4, -0.2) is 18.2 Å². The molecule has 0 aromatic heterocycles. The van der Waals surface area contributed by atoms with Crippen LogP contribution in [0.5, 0.6) is 23.0 Å². The fourth-order valence-corrected chi connectivity index (χ4v) is 7.20. The van der Waals surface area contributed by atoms with E-state index in [0.29, 0.717) is 22.7 Å². The lowest BCUT2D eigenvalue weighted by atomic mass is 10.0. The summed E-state index contributed by atoms with van der Waals surface area (Å²) in [5.41, 5.74) is 8.43. The molecule has 0 bridgehead atoms. The van der Waals surface area contributed by atoms with Gasteiger partial charge in [0.25, 0.3) is 0 Å². The van der Waals surface area contributed by atoms with E-state index >= 15 is 0 Å². The van der Waals surface area contributed by atoms with Crippen molar-refractivity contribution in [1.82, 2.24) is 0 Å². The summed E-state index contributed by atoms with van der Waals surface area (Å²) >= 11 is 0. The summed E-state index contributed by atoms with van der Waals surface area (Å²) in [7, 11) is 0. The van der Waals surface area contributed by atoms with Gasteiger partial charge in [-0.05, 0) is 46.5 Å². The Morgan fingerprint density at radius 2 is 0.508 bits per heavy atom. The van der Waals surface area contributed by atoms with Crippen molar-refractivity contribution in [1.29, 1.82) is 0 Å². The molecule has 280 valence electrons. The van der Waals surface area contributed by atoms with E-state index in [4.69, 9.17) is 38.9 Å². The van der Waals surface area contributed by atoms with Gasteiger partial charge in [0.1, 0.15) is 34.8 Å². The van der Waals surface area contributed by atoms with Crippen molar-refractivity contribution in [3.63, 3.8) is 0 Å². The minimum atomic E-state index is -2.40. The fraction of sp³-hybridized carbons (Fsp3) is 0.0196. The average molecular weight is 765 g/mol. The van der Waals surface area contributed by atoms with Crippen LogP contribution < -0.4 is 18.9 Å². The number of hydrogen-bond donors (Lipinski definition) is 0. The Bertz CT molecular complexity index is 2560. The van der Waals surface area contributed by atoms with Crippen LogP contribution in [-0.2, 0) is 0 Å². The fourth-order valence-electron chi connectivity index (χ4n) is 7.20. The normalized spacial score (nSPS) is 14.9. The van der Waals surface area contributed by atoms with Crippen LogP contribution in [0.1, 0.15) is 0 Å². The van der Waals surface area contributed by atoms with Gasteiger partial charge < -0.3 is 18.9 Å². The molecule has 2 heterocycles. The summed E-state index contributed by atoms with van der Waals surface area (Å²) in [6.45, 7) is 0. The molecule has 0 N–H and O–H groups in total. The molecule has 0 unspecified atom stereocenters. The monoisotopic (exact) mass is 764 g/mol. The van der Waals surface area contributed by atoms with E-state index in [1.807, 2.05) is 170 Å². The summed E-state index contributed by atoms with van der Waals surface area (Å²) in [4.78, 5) is 19.4. The second kappa shape index (κ2) is 15.3. The molecule has 0 atom stereocenters. The van der Waals surface area contributed by atoms with Gasteiger partial charge in [-0.3, -0.25) is 0 Å². The van der Waals surface area contributed by atoms with Crippen LogP contribution in [0.3, 0.4) is 0 Å². The topological polar surface area (TPSA) is 86.4 Å². The predicted octanol–water partition coefficient (Wildman–Crippen LogP) is 13.5. The third-order valence-corrected chi connectivity index (χ3v) is 9.92. The highest BCUT2D eigenvalue weighted by Gasteiger charge is 2.47. The van der Waals surface area contributed by atoms with Crippen molar-refractivity contribution in [3.05, 3.63) is 194 Å². The highest BCUT2D eigenvalue weighted by molar-refractivity contribution is 5.87. The minimum absolute atomic E-state index is 0.280. The third-order valence-electron chi connectivity index (χ3n) is 9.92. The molecule has 0 radical (unpaired) electrons. The van der Waals surface area contributed by atoms with Crippen molar-refractivity contribution in [2.45, 2.75) is 6.16 Å². The lowest BCUT2D eigenvalue weighted by Gasteiger charge is -2.34. The SMILES string of the molecule is C1=Nc2c(cccc2-c2ccccc2)OC2(Oc3cccc(-c4ccccc4)c3N=1)Oc1cccc(-c3ccccc3)c1N=C=Nc1c(cccc1-c1ccccc1)O2. The van der Waals surface area contributed by atoms with Crippen LogP contribution >= 0.6 is 0 Å². The van der Waals surface area contributed by atoms with Crippen molar-refractivity contribution in [3.8, 4) is 67.5 Å². The zero-order chi connectivity index (χ0) is 39.4. The molecule has 59 heavy (non-hydrogen) atoms. The lowest BCUT2D eigenvalue weighted by molar-refractivity contribution is -0.366. The van der Waals surface area contributed by atoms with E-state index in [1.165, 1.54) is 0 Å². The molecule has 10 rings (SSSR count). The van der Waals surface area contributed by atoms with Crippen molar-refractivity contribution in [2.24, 2.45) is 20.0 Å². The molecule has 8 aromatic rings. The largest absolute Gasteiger partial charge is 0.611 e. The van der Waals surface area contributed by atoms with Gasteiger partial charge in [0.2, 0.25) is 0 Å². The first kappa shape index (κ1) is 35.2. The molecule has 8 heteroatoms. The zero-order valence-electron chi connectivity index (χ0n) is 31.4. The Labute approximate surface area is 340 Å². The maximum Gasteiger partial charge on any atom is 0.611 e. The van der Waals surface area contributed by atoms with Gasteiger partial charge >= 0.3 is 6.16 Å². The number of fused-ring (bicyclic) bond motifs is 4. The van der Waals surface area contributed by atoms with Crippen LogP contribution in [0.4, 0.5) is 22.7 Å². The molecular weight excluding hydrogens is 733 g/mol. The van der Waals surface area contributed by atoms with Gasteiger partial charge in [0.05, 0.1) is 0 Å². The minimum Gasteiger partial charge on any atom is -0.384 e. The second-order valence-corrected chi connectivity index (χ2v) is 13.6. The Hall–Kier alpha value is -8.28. The van der Waals surface area contributed by atoms with Gasteiger partial charge in [0, 0.05) is 22.3 Å². The van der Waals surface area contributed by atoms with E-state index in [-0.39, 0.29) is 23.0 Å². The number of para-hydroxylation sites is 4.